The zero-order valence-corrected chi connectivity index (χ0v) is 11.7. The van der Waals surface area contributed by atoms with Gasteiger partial charge in [-0.05, 0) is 43.9 Å². The monoisotopic (exact) mass is 238 g/mol. The average Bonchev–Trinajstić information content (AvgIpc) is 2.30. The van der Waals surface area contributed by atoms with Crippen LogP contribution in [-0.2, 0) is 6.42 Å². The van der Waals surface area contributed by atoms with Gasteiger partial charge in [-0.1, -0.05) is 66.8 Å². The van der Waals surface area contributed by atoms with Crippen molar-refractivity contribution in [1.29, 1.82) is 0 Å². The Balaban J connectivity index is 2.88. The Bertz CT molecular complexity index is 499. The molecule has 0 saturated carbocycles. The highest BCUT2D eigenvalue weighted by atomic mass is 14.0. The molecule has 0 fully saturated rings. The van der Waals surface area contributed by atoms with Crippen molar-refractivity contribution in [3.8, 4) is 0 Å². The molecule has 0 unspecified atom stereocenters. The van der Waals surface area contributed by atoms with Gasteiger partial charge in [0.15, 0.2) is 0 Å². The molecule has 0 aliphatic carbocycles. The van der Waals surface area contributed by atoms with Crippen LogP contribution in [0.25, 0.3) is 0 Å². The third-order valence-corrected chi connectivity index (χ3v) is 2.84. The van der Waals surface area contributed by atoms with Gasteiger partial charge in [0.05, 0.1) is 0 Å². The van der Waals surface area contributed by atoms with Crippen molar-refractivity contribution in [3.05, 3.63) is 83.5 Å². The molecule has 0 atom stereocenters. The molecule has 0 aliphatic rings. The second kappa shape index (κ2) is 6.80. The minimum atomic E-state index is 0.940. The van der Waals surface area contributed by atoms with E-state index in [0.717, 1.165) is 17.6 Å². The Morgan fingerprint density at radius 2 is 1.78 bits per heavy atom. The van der Waals surface area contributed by atoms with Gasteiger partial charge in [-0.3, -0.25) is 0 Å². The predicted molar refractivity (Wildman–Crippen MR) is 81.7 cm³/mol. The molecule has 0 bridgehead atoms. The minimum Gasteiger partial charge on any atom is -0.0961 e. The third-order valence-electron chi connectivity index (χ3n) is 2.84. The molecule has 0 nitrogen and oxygen atoms in total. The van der Waals surface area contributed by atoms with E-state index in [1.165, 1.54) is 16.7 Å². The molecule has 0 heterocycles. The van der Waals surface area contributed by atoms with Gasteiger partial charge in [-0.2, -0.15) is 0 Å². The molecule has 0 heteroatoms. The lowest BCUT2D eigenvalue weighted by Crippen LogP contribution is -1.88. The summed E-state index contributed by atoms with van der Waals surface area (Å²) >= 11 is 0. The summed E-state index contributed by atoms with van der Waals surface area (Å²) in [6, 6.07) is 8.47. The fourth-order valence-corrected chi connectivity index (χ4v) is 1.68. The summed E-state index contributed by atoms with van der Waals surface area (Å²) in [6.45, 7) is 14.1. The molecular formula is C18H22. The molecule has 1 aromatic carbocycles. The highest BCUT2D eigenvalue weighted by molar-refractivity contribution is 5.40. The molecule has 0 aromatic heterocycles. The summed E-state index contributed by atoms with van der Waals surface area (Å²) in [5.74, 6) is 0. The van der Waals surface area contributed by atoms with E-state index >= 15 is 0 Å². The largest absolute Gasteiger partial charge is 0.0961 e. The fraction of sp³-hybridized carbons (Fsp3) is 0.222. The Kier molecular flexibility index (Phi) is 5.38. The Hall–Kier alpha value is -1.82. The molecule has 1 rings (SSSR count). The highest BCUT2D eigenvalue weighted by Crippen LogP contribution is 2.14. The van der Waals surface area contributed by atoms with Crippen molar-refractivity contribution >= 4 is 0 Å². The normalized spacial score (nSPS) is 11.8. The first-order valence-electron chi connectivity index (χ1n) is 6.25. The van der Waals surface area contributed by atoms with E-state index in [0.29, 0.717) is 0 Å². The molecule has 0 N–H and O–H groups in total. The van der Waals surface area contributed by atoms with Gasteiger partial charge < -0.3 is 0 Å². The van der Waals surface area contributed by atoms with Crippen LogP contribution >= 0.6 is 0 Å². The maximum absolute atomic E-state index is 4.02. The van der Waals surface area contributed by atoms with Crippen LogP contribution in [0.4, 0.5) is 0 Å². The number of benzene rings is 1. The third kappa shape index (κ3) is 4.58. The van der Waals surface area contributed by atoms with Crippen LogP contribution in [0.2, 0.25) is 0 Å². The maximum Gasteiger partial charge on any atom is -0.00857 e. The smallest absolute Gasteiger partial charge is 0.00857 e. The lowest BCUT2D eigenvalue weighted by atomic mass is 10.0. The van der Waals surface area contributed by atoms with Crippen LogP contribution in [0.15, 0.2) is 72.4 Å². The van der Waals surface area contributed by atoms with Crippen molar-refractivity contribution in [1.82, 2.24) is 0 Å². The molecule has 1 aromatic rings. The first-order valence-corrected chi connectivity index (χ1v) is 6.25. The minimum absolute atomic E-state index is 0.940. The van der Waals surface area contributed by atoms with Crippen molar-refractivity contribution in [2.45, 2.75) is 27.2 Å². The Labute approximate surface area is 111 Å². The first kappa shape index (κ1) is 14.2. The van der Waals surface area contributed by atoms with E-state index in [9.17, 15) is 0 Å². The molecule has 0 aliphatic heterocycles. The Morgan fingerprint density at radius 1 is 1.11 bits per heavy atom. The van der Waals surface area contributed by atoms with Gasteiger partial charge in [0, 0.05) is 0 Å². The molecule has 0 saturated heterocycles. The lowest BCUT2D eigenvalue weighted by Gasteiger charge is -2.04. The van der Waals surface area contributed by atoms with Crippen LogP contribution in [-0.4, -0.2) is 0 Å². The summed E-state index contributed by atoms with van der Waals surface area (Å²) in [6.07, 6.45) is 7.28. The quantitative estimate of drug-likeness (QED) is 0.621. The van der Waals surface area contributed by atoms with Gasteiger partial charge in [-0.15, -0.1) is 0 Å². The fourth-order valence-electron chi connectivity index (χ4n) is 1.68. The number of rotatable bonds is 5. The number of allylic oxidation sites excluding steroid dienone is 6. The standard InChI is InChI=1S/C18H22/c1-14(2)10-11-17(15(3)4)12-13-18-9-7-6-8-16(18)5/h6-12H,1,3,13H2,2,4-5H3/b11-10-,17-12+. The van der Waals surface area contributed by atoms with Crippen molar-refractivity contribution in [2.75, 3.05) is 0 Å². The maximum atomic E-state index is 4.02. The van der Waals surface area contributed by atoms with E-state index in [1.807, 2.05) is 19.9 Å². The van der Waals surface area contributed by atoms with Gasteiger partial charge in [0.2, 0.25) is 0 Å². The van der Waals surface area contributed by atoms with Crippen LogP contribution in [0.1, 0.15) is 25.0 Å². The first-order chi connectivity index (χ1) is 8.50. The Morgan fingerprint density at radius 3 is 2.33 bits per heavy atom. The van der Waals surface area contributed by atoms with E-state index in [4.69, 9.17) is 0 Å². The van der Waals surface area contributed by atoms with Crippen molar-refractivity contribution in [2.24, 2.45) is 0 Å². The summed E-state index contributed by atoms with van der Waals surface area (Å²) < 4.78 is 0. The molecule has 18 heavy (non-hydrogen) atoms. The predicted octanol–water partition coefficient (Wildman–Crippen LogP) is 5.17. The van der Waals surface area contributed by atoms with E-state index in [2.05, 4.69) is 56.5 Å². The summed E-state index contributed by atoms with van der Waals surface area (Å²) in [5.41, 5.74) is 6.01. The second-order valence-corrected chi connectivity index (χ2v) is 4.75. The summed E-state index contributed by atoms with van der Waals surface area (Å²) in [4.78, 5) is 0. The number of hydrogen-bond donors (Lipinski definition) is 0. The topological polar surface area (TPSA) is 0 Å². The zero-order valence-electron chi connectivity index (χ0n) is 11.7. The molecule has 0 radical (unpaired) electrons. The van der Waals surface area contributed by atoms with Crippen LogP contribution in [0.3, 0.4) is 0 Å². The highest BCUT2D eigenvalue weighted by Gasteiger charge is 1.97. The van der Waals surface area contributed by atoms with Gasteiger partial charge in [0.1, 0.15) is 0 Å². The van der Waals surface area contributed by atoms with Crippen LogP contribution in [0, 0.1) is 6.92 Å². The van der Waals surface area contributed by atoms with Crippen LogP contribution < -0.4 is 0 Å². The summed E-state index contributed by atoms with van der Waals surface area (Å²) in [5, 5.41) is 0. The molecule has 94 valence electrons. The van der Waals surface area contributed by atoms with E-state index in [-0.39, 0.29) is 0 Å². The molecule has 0 spiro atoms. The van der Waals surface area contributed by atoms with Crippen molar-refractivity contribution < 1.29 is 0 Å². The van der Waals surface area contributed by atoms with Gasteiger partial charge in [0.25, 0.3) is 0 Å². The number of hydrogen-bond acceptors (Lipinski definition) is 0. The van der Waals surface area contributed by atoms with E-state index in [1.54, 1.807) is 0 Å². The average molecular weight is 238 g/mol. The van der Waals surface area contributed by atoms with Crippen molar-refractivity contribution in [3.63, 3.8) is 0 Å². The van der Waals surface area contributed by atoms with Gasteiger partial charge in [-0.25, -0.2) is 0 Å². The SMILES string of the molecule is C=C(C)/C=C\C(=C/Cc1ccccc1C)C(=C)C. The van der Waals surface area contributed by atoms with Crippen LogP contribution in [0.5, 0.6) is 0 Å². The molecular weight excluding hydrogens is 216 g/mol. The number of aryl methyl sites for hydroxylation is 1. The zero-order chi connectivity index (χ0) is 13.5. The lowest BCUT2D eigenvalue weighted by molar-refractivity contribution is 1.19. The summed E-state index contributed by atoms with van der Waals surface area (Å²) in [7, 11) is 0. The van der Waals surface area contributed by atoms with Gasteiger partial charge >= 0.3 is 0 Å². The van der Waals surface area contributed by atoms with E-state index < -0.39 is 0 Å². The molecule has 0 amide bonds. The second-order valence-electron chi connectivity index (χ2n) is 4.75.